The Labute approximate surface area is 109 Å². The van der Waals surface area contributed by atoms with E-state index in [-0.39, 0.29) is 5.97 Å². The van der Waals surface area contributed by atoms with Crippen LogP contribution in [0.4, 0.5) is 0 Å². The highest BCUT2D eigenvalue weighted by Crippen LogP contribution is 2.39. The second-order valence-electron chi connectivity index (χ2n) is 3.98. The van der Waals surface area contributed by atoms with E-state index < -0.39 is 0 Å². The van der Waals surface area contributed by atoms with Crippen LogP contribution in [-0.4, -0.2) is 22.0 Å². The van der Waals surface area contributed by atoms with Crippen molar-refractivity contribution in [1.82, 2.24) is 9.38 Å². The van der Waals surface area contributed by atoms with E-state index in [0.717, 1.165) is 21.9 Å². The van der Waals surface area contributed by atoms with Gasteiger partial charge in [-0.2, -0.15) is 0 Å². The Hall–Kier alpha value is -1.75. The molecule has 3 heterocycles. The Bertz CT molecular complexity index is 673. The fraction of sp³-hybridized carbons (Fsp3) is 0.231. The number of nitrogens with zero attached hydrogens (tertiary/aromatic N) is 2. The van der Waals surface area contributed by atoms with Gasteiger partial charge in [0.2, 0.25) is 0 Å². The number of hydrogen-bond acceptors (Lipinski definition) is 4. The molecule has 0 amide bonds. The zero-order chi connectivity index (χ0) is 12.7. The number of carbonyl (C=O) groups excluding carboxylic acids is 1. The minimum absolute atomic E-state index is 0.260. The molecule has 0 N–H and O–H groups in total. The van der Waals surface area contributed by atoms with Crippen molar-refractivity contribution in [3.05, 3.63) is 35.0 Å². The molecule has 0 aromatic carbocycles. The Morgan fingerprint density at radius 1 is 1.50 bits per heavy atom. The third-order valence-electron chi connectivity index (χ3n) is 2.89. The minimum Gasteiger partial charge on any atom is -0.462 e. The molecule has 5 heteroatoms. The zero-order valence-corrected chi connectivity index (χ0v) is 11.0. The molecule has 2 aromatic rings. The van der Waals surface area contributed by atoms with Crippen LogP contribution in [0.2, 0.25) is 0 Å². The van der Waals surface area contributed by atoms with Crippen LogP contribution in [0.15, 0.2) is 34.3 Å². The van der Waals surface area contributed by atoms with E-state index >= 15 is 0 Å². The van der Waals surface area contributed by atoms with Crippen LogP contribution >= 0.6 is 11.8 Å². The second kappa shape index (κ2) is 4.17. The monoisotopic (exact) mass is 260 g/mol. The molecule has 92 valence electrons. The van der Waals surface area contributed by atoms with Crippen molar-refractivity contribution in [2.45, 2.75) is 18.9 Å². The van der Waals surface area contributed by atoms with Gasteiger partial charge in [-0.25, -0.2) is 9.78 Å². The van der Waals surface area contributed by atoms with Gasteiger partial charge in [0.05, 0.1) is 23.5 Å². The van der Waals surface area contributed by atoms with Gasteiger partial charge in [-0.15, -0.1) is 0 Å². The summed E-state index contributed by atoms with van der Waals surface area (Å²) in [4.78, 5) is 16.9. The Morgan fingerprint density at radius 2 is 2.33 bits per heavy atom. The molecule has 2 aromatic heterocycles. The number of ether oxygens (including phenoxy) is 1. The lowest BCUT2D eigenvalue weighted by Gasteiger charge is -2.18. The van der Waals surface area contributed by atoms with Crippen LogP contribution in [0, 0.1) is 0 Å². The average molecular weight is 260 g/mol. The fourth-order valence-corrected chi connectivity index (χ4v) is 3.08. The van der Waals surface area contributed by atoms with E-state index in [1.165, 1.54) is 11.8 Å². The summed E-state index contributed by atoms with van der Waals surface area (Å²) < 4.78 is 7.15. The molecule has 0 saturated heterocycles. The number of hydrogen-bond donors (Lipinski definition) is 0. The third kappa shape index (κ3) is 1.54. The molecule has 3 rings (SSSR count). The number of aromatic nitrogens is 2. The molecule has 0 fully saturated rings. The standard InChI is InChI=1S/C13H12N2O2S/c1-3-17-13(16)12-8(2)9-7-14-10-5-4-6-11(18-12)15(9)10/h4-7H,3H2,1-2H3. The smallest absolute Gasteiger partial charge is 0.345 e. The lowest BCUT2D eigenvalue weighted by molar-refractivity contribution is -0.137. The zero-order valence-electron chi connectivity index (χ0n) is 10.1. The molecule has 0 radical (unpaired) electrons. The van der Waals surface area contributed by atoms with Crippen LogP contribution in [0.5, 0.6) is 0 Å². The summed E-state index contributed by atoms with van der Waals surface area (Å²) in [5.41, 5.74) is 2.78. The van der Waals surface area contributed by atoms with E-state index in [1.54, 1.807) is 6.20 Å². The highest BCUT2D eigenvalue weighted by Gasteiger charge is 2.24. The summed E-state index contributed by atoms with van der Waals surface area (Å²) in [5, 5.41) is 0.994. The molecule has 0 spiro atoms. The van der Waals surface area contributed by atoms with Crippen molar-refractivity contribution in [2.24, 2.45) is 0 Å². The molecule has 0 saturated carbocycles. The van der Waals surface area contributed by atoms with Crippen molar-refractivity contribution in [3.63, 3.8) is 0 Å². The Morgan fingerprint density at radius 3 is 3.11 bits per heavy atom. The van der Waals surface area contributed by atoms with Gasteiger partial charge in [0.25, 0.3) is 0 Å². The maximum atomic E-state index is 11.9. The molecule has 0 aliphatic carbocycles. The van der Waals surface area contributed by atoms with E-state index in [2.05, 4.69) is 9.38 Å². The molecular weight excluding hydrogens is 248 g/mol. The number of esters is 1. The first-order valence-corrected chi connectivity index (χ1v) is 6.56. The van der Waals surface area contributed by atoms with Gasteiger partial charge in [0, 0.05) is 0 Å². The van der Waals surface area contributed by atoms with E-state index in [4.69, 9.17) is 4.74 Å². The number of carbonyl (C=O) groups is 1. The largest absolute Gasteiger partial charge is 0.462 e. The van der Waals surface area contributed by atoms with Gasteiger partial charge >= 0.3 is 5.97 Å². The maximum Gasteiger partial charge on any atom is 0.345 e. The van der Waals surface area contributed by atoms with Crippen LogP contribution < -0.4 is 0 Å². The first kappa shape index (κ1) is 11.3. The van der Waals surface area contributed by atoms with Crippen molar-refractivity contribution >= 4 is 29.0 Å². The number of pyridine rings is 1. The highest BCUT2D eigenvalue weighted by molar-refractivity contribution is 8.04. The quantitative estimate of drug-likeness (QED) is 0.779. The predicted octanol–water partition coefficient (Wildman–Crippen LogP) is 2.73. The molecule has 0 unspecified atom stereocenters. The molecular formula is C13H12N2O2S. The molecule has 0 atom stereocenters. The normalized spacial score (nSPS) is 14.1. The first-order valence-electron chi connectivity index (χ1n) is 5.75. The second-order valence-corrected chi connectivity index (χ2v) is 5.01. The lowest BCUT2D eigenvalue weighted by Crippen LogP contribution is -2.11. The van der Waals surface area contributed by atoms with Gasteiger partial charge in [0.1, 0.15) is 10.6 Å². The van der Waals surface area contributed by atoms with E-state index in [9.17, 15) is 4.79 Å². The van der Waals surface area contributed by atoms with Crippen LogP contribution in [0.1, 0.15) is 19.5 Å². The molecule has 4 nitrogen and oxygen atoms in total. The number of rotatable bonds is 2. The SMILES string of the molecule is CCOC(=O)C1=C(C)c2cnc3cccc(n23)S1. The minimum atomic E-state index is -0.260. The van der Waals surface area contributed by atoms with Gasteiger partial charge in [-0.1, -0.05) is 17.8 Å². The van der Waals surface area contributed by atoms with Gasteiger partial charge in [-0.3, -0.25) is 4.40 Å². The average Bonchev–Trinajstić information content (AvgIpc) is 2.79. The van der Waals surface area contributed by atoms with Gasteiger partial charge < -0.3 is 4.74 Å². The third-order valence-corrected chi connectivity index (χ3v) is 4.09. The Balaban J connectivity index is 2.18. The van der Waals surface area contributed by atoms with Crippen LogP contribution in [-0.2, 0) is 9.53 Å². The number of allylic oxidation sites excluding steroid dienone is 1. The Kier molecular flexibility index (Phi) is 2.63. The topological polar surface area (TPSA) is 43.6 Å². The molecule has 1 aliphatic heterocycles. The van der Waals surface area contributed by atoms with Crippen LogP contribution in [0.3, 0.4) is 0 Å². The van der Waals surface area contributed by atoms with Crippen LogP contribution in [0.25, 0.3) is 11.2 Å². The highest BCUT2D eigenvalue weighted by atomic mass is 32.2. The summed E-state index contributed by atoms with van der Waals surface area (Å²) in [5.74, 6) is -0.260. The summed E-state index contributed by atoms with van der Waals surface area (Å²) in [6, 6.07) is 5.88. The number of thioether (sulfide) groups is 1. The summed E-state index contributed by atoms with van der Waals surface area (Å²) >= 11 is 1.44. The van der Waals surface area contributed by atoms with Crippen molar-refractivity contribution in [3.8, 4) is 0 Å². The van der Waals surface area contributed by atoms with Crippen molar-refractivity contribution < 1.29 is 9.53 Å². The maximum absolute atomic E-state index is 11.9. The molecule has 18 heavy (non-hydrogen) atoms. The van der Waals surface area contributed by atoms with Gasteiger partial charge in [-0.05, 0) is 31.6 Å². The van der Waals surface area contributed by atoms with E-state index in [1.807, 2.05) is 32.0 Å². The van der Waals surface area contributed by atoms with E-state index in [0.29, 0.717) is 11.5 Å². The van der Waals surface area contributed by atoms with Crippen molar-refractivity contribution in [1.29, 1.82) is 0 Å². The molecule has 0 bridgehead atoms. The van der Waals surface area contributed by atoms with Crippen molar-refractivity contribution in [2.75, 3.05) is 6.61 Å². The summed E-state index contributed by atoms with van der Waals surface area (Å²) in [6.07, 6.45) is 1.80. The predicted molar refractivity (Wildman–Crippen MR) is 70.3 cm³/mol. The first-order chi connectivity index (χ1) is 8.72. The lowest BCUT2D eigenvalue weighted by atomic mass is 10.2. The fourth-order valence-electron chi connectivity index (χ4n) is 2.04. The number of imidazole rings is 1. The molecule has 1 aliphatic rings. The summed E-state index contributed by atoms with van der Waals surface area (Å²) in [6.45, 7) is 4.13. The van der Waals surface area contributed by atoms with Gasteiger partial charge in [0.15, 0.2) is 0 Å². The summed E-state index contributed by atoms with van der Waals surface area (Å²) in [7, 11) is 0.